The fraction of sp³-hybridized carbons (Fsp3) is 0.762. The van der Waals surface area contributed by atoms with Gasteiger partial charge in [-0.25, -0.2) is 4.79 Å². The maximum Gasteiger partial charge on any atom is 0.337 e. The molecule has 0 aromatic carbocycles. The highest BCUT2D eigenvalue weighted by Crippen LogP contribution is 2.38. The molecular formula is C21H32O11. The molecule has 0 aromatic rings. The van der Waals surface area contributed by atoms with Crippen molar-refractivity contribution >= 4 is 5.97 Å². The number of aliphatic hydroxyl groups is 4. The van der Waals surface area contributed by atoms with E-state index in [0.717, 1.165) is 6.42 Å². The van der Waals surface area contributed by atoms with Gasteiger partial charge in [-0.15, -0.1) is 6.58 Å². The third kappa shape index (κ3) is 5.32. The van der Waals surface area contributed by atoms with Crippen molar-refractivity contribution in [1.29, 1.82) is 0 Å². The molecule has 182 valence electrons. The predicted molar refractivity (Wildman–Crippen MR) is 107 cm³/mol. The van der Waals surface area contributed by atoms with Gasteiger partial charge in [0.05, 0.1) is 38.3 Å². The van der Waals surface area contributed by atoms with Gasteiger partial charge in [-0.05, 0) is 13.3 Å². The Morgan fingerprint density at radius 1 is 1.22 bits per heavy atom. The molecule has 0 aromatic heterocycles. The van der Waals surface area contributed by atoms with Crippen molar-refractivity contribution in [3.05, 3.63) is 24.5 Å². The molecule has 3 aliphatic rings. The van der Waals surface area contributed by atoms with Gasteiger partial charge < -0.3 is 48.8 Å². The van der Waals surface area contributed by atoms with Gasteiger partial charge in [-0.2, -0.15) is 0 Å². The van der Waals surface area contributed by atoms with Crippen LogP contribution in [0.5, 0.6) is 0 Å². The van der Waals surface area contributed by atoms with E-state index in [2.05, 4.69) is 6.58 Å². The van der Waals surface area contributed by atoms with E-state index in [1.807, 2.05) is 6.92 Å². The van der Waals surface area contributed by atoms with E-state index < -0.39 is 67.7 Å². The molecule has 0 unspecified atom stereocenters. The number of rotatable bonds is 7. The van der Waals surface area contributed by atoms with Gasteiger partial charge in [-0.3, -0.25) is 0 Å². The molecule has 0 amide bonds. The Morgan fingerprint density at radius 3 is 2.59 bits per heavy atom. The number of methoxy groups -OCH3 is 1. The number of aliphatic hydroxyl groups excluding tert-OH is 4. The van der Waals surface area contributed by atoms with Crippen molar-refractivity contribution < 1.29 is 53.6 Å². The van der Waals surface area contributed by atoms with Crippen LogP contribution in [0, 0.1) is 11.8 Å². The fourth-order valence-electron chi connectivity index (χ4n) is 4.09. The topological polar surface area (TPSA) is 153 Å². The second-order valence-corrected chi connectivity index (χ2v) is 8.09. The van der Waals surface area contributed by atoms with E-state index in [-0.39, 0.29) is 11.7 Å². The first-order valence-electron chi connectivity index (χ1n) is 10.6. The highest BCUT2D eigenvalue weighted by Gasteiger charge is 2.48. The number of esters is 1. The van der Waals surface area contributed by atoms with Crippen LogP contribution in [0.3, 0.4) is 0 Å². The minimum atomic E-state index is -1.60. The Balaban J connectivity index is 1.80. The van der Waals surface area contributed by atoms with Gasteiger partial charge in [0.15, 0.2) is 12.6 Å². The van der Waals surface area contributed by atoms with Crippen LogP contribution in [0.2, 0.25) is 0 Å². The molecule has 11 nitrogen and oxygen atoms in total. The lowest BCUT2D eigenvalue weighted by molar-refractivity contribution is -0.340. The number of hydrogen-bond donors (Lipinski definition) is 4. The molecule has 3 heterocycles. The molecular weight excluding hydrogens is 428 g/mol. The maximum absolute atomic E-state index is 12.4. The van der Waals surface area contributed by atoms with Crippen LogP contribution >= 0.6 is 0 Å². The minimum absolute atomic E-state index is 0.00231. The van der Waals surface area contributed by atoms with Gasteiger partial charge in [0, 0.05) is 18.3 Å². The van der Waals surface area contributed by atoms with Gasteiger partial charge in [0.1, 0.15) is 24.4 Å². The number of carbonyl (C=O) groups is 1. The molecule has 4 N–H and O–H groups in total. The van der Waals surface area contributed by atoms with Gasteiger partial charge in [-0.1, -0.05) is 6.08 Å². The number of hydrogen-bond acceptors (Lipinski definition) is 11. The summed E-state index contributed by atoms with van der Waals surface area (Å²) in [7, 11) is 1.26. The van der Waals surface area contributed by atoms with Crippen LogP contribution < -0.4 is 0 Å². The normalized spacial score (nSPS) is 42.5. The molecule has 0 saturated carbocycles. The second kappa shape index (κ2) is 11.0. The third-order valence-corrected chi connectivity index (χ3v) is 5.98. The predicted octanol–water partition coefficient (Wildman–Crippen LogP) is -0.824. The zero-order valence-electron chi connectivity index (χ0n) is 18.1. The van der Waals surface area contributed by atoms with Crippen molar-refractivity contribution in [3.63, 3.8) is 0 Å². The zero-order valence-corrected chi connectivity index (χ0v) is 18.1. The highest BCUT2D eigenvalue weighted by molar-refractivity contribution is 5.88. The number of ether oxygens (including phenoxy) is 6. The summed E-state index contributed by atoms with van der Waals surface area (Å²) in [5, 5.41) is 39.7. The summed E-state index contributed by atoms with van der Waals surface area (Å²) < 4.78 is 33.2. The first-order valence-corrected chi connectivity index (χ1v) is 10.6. The Bertz CT molecular complexity index is 681. The second-order valence-electron chi connectivity index (χ2n) is 8.09. The summed E-state index contributed by atoms with van der Waals surface area (Å²) in [4.78, 5) is 12.4. The van der Waals surface area contributed by atoms with E-state index in [9.17, 15) is 25.2 Å². The monoisotopic (exact) mass is 460 g/mol. The van der Waals surface area contributed by atoms with Crippen LogP contribution in [0.25, 0.3) is 0 Å². The summed E-state index contributed by atoms with van der Waals surface area (Å²) in [5.41, 5.74) is 0.247. The standard InChI is InChI=1S/C21H32O11/c1-4-11-12(7-15-28-6-5-10(2)30-15)13(19(26)27-3)9-29-20(11)32-21-18(25)17(24)16(23)14(8-22)31-21/h4,9-12,14-18,20-25H,1,5-8H2,2-3H3/t10-,11-,12+,14-,15+,16-,17+,18-,20+,21+/m1/s1. The average Bonchev–Trinajstić information content (AvgIpc) is 2.79. The van der Waals surface area contributed by atoms with Crippen molar-refractivity contribution in [2.24, 2.45) is 11.8 Å². The fourth-order valence-corrected chi connectivity index (χ4v) is 4.09. The molecule has 11 heteroatoms. The van der Waals surface area contributed by atoms with Crippen molar-refractivity contribution in [2.45, 2.75) is 69.2 Å². The van der Waals surface area contributed by atoms with E-state index in [1.165, 1.54) is 13.4 Å². The first-order chi connectivity index (χ1) is 15.3. The van der Waals surface area contributed by atoms with Crippen molar-refractivity contribution in [2.75, 3.05) is 20.3 Å². The smallest absolute Gasteiger partial charge is 0.337 e. The third-order valence-electron chi connectivity index (χ3n) is 5.98. The van der Waals surface area contributed by atoms with Gasteiger partial charge >= 0.3 is 5.97 Å². The molecule has 3 aliphatic heterocycles. The first kappa shape index (κ1) is 25.1. The molecule has 2 fully saturated rings. The lowest BCUT2D eigenvalue weighted by Gasteiger charge is -2.43. The lowest BCUT2D eigenvalue weighted by atomic mass is 9.81. The SMILES string of the molecule is C=C[C@H]1[C@H](O[C@@H]2O[C@H](CO)[C@@H](O)[C@H](O)[C@H]2O)OC=C(C(=O)OC)[C@H]1C[C@H]1OCC[C@@H](C)O1. The van der Waals surface area contributed by atoms with E-state index in [1.54, 1.807) is 6.08 Å². The summed E-state index contributed by atoms with van der Waals surface area (Å²) in [5.74, 6) is -1.71. The van der Waals surface area contributed by atoms with Crippen LogP contribution in [0.1, 0.15) is 19.8 Å². The van der Waals surface area contributed by atoms with Crippen LogP contribution in [0.4, 0.5) is 0 Å². The zero-order chi connectivity index (χ0) is 23.4. The average molecular weight is 460 g/mol. The summed E-state index contributed by atoms with van der Waals surface area (Å²) in [6, 6.07) is 0. The molecule has 0 radical (unpaired) electrons. The van der Waals surface area contributed by atoms with Crippen molar-refractivity contribution in [1.82, 2.24) is 0 Å². The summed E-state index contributed by atoms with van der Waals surface area (Å²) in [6.45, 7) is 5.70. The Hall–Kier alpha value is -1.57. The van der Waals surface area contributed by atoms with E-state index in [0.29, 0.717) is 13.0 Å². The van der Waals surface area contributed by atoms with Crippen LogP contribution in [-0.4, -0.2) is 96.1 Å². The molecule has 3 rings (SSSR count). The summed E-state index contributed by atoms with van der Waals surface area (Å²) in [6.07, 6.45) is -5.06. The van der Waals surface area contributed by atoms with Gasteiger partial charge in [0.2, 0.25) is 6.29 Å². The van der Waals surface area contributed by atoms with E-state index in [4.69, 9.17) is 28.4 Å². The molecule has 0 aliphatic carbocycles. The van der Waals surface area contributed by atoms with E-state index >= 15 is 0 Å². The molecule has 32 heavy (non-hydrogen) atoms. The van der Waals surface area contributed by atoms with Crippen LogP contribution in [0.15, 0.2) is 24.5 Å². The Kier molecular flexibility index (Phi) is 8.64. The minimum Gasteiger partial charge on any atom is -0.471 e. The molecule has 0 bridgehead atoms. The summed E-state index contributed by atoms with van der Waals surface area (Å²) >= 11 is 0. The maximum atomic E-state index is 12.4. The Morgan fingerprint density at radius 2 is 1.97 bits per heavy atom. The van der Waals surface area contributed by atoms with Crippen molar-refractivity contribution in [3.8, 4) is 0 Å². The quantitative estimate of drug-likeness (QED) is 0.278. The largest absolute Gasteiger partial charge is 0.471 e. The lowest BCUT2D eigenvalue weighted by Crippen LogP contribution is -2.60. The molecule has 10 atom stereocenters. The Labute approximate surface area is 186 Å². The molecule has 0 spiro atoms. The highest BCUT2D eigenvalue weighted by atomic mass is 16.8. The molecule has 2 saturated heterocycles. The van der Waals surface area contributed by atoms with Crippen LogP contribution in [-0.2, 0) is 33.2 Å². The number of carbonyl (C=O) groups excluding carboxylic acids is 1. The van der Waals surface area contributed by atoms with Gasteiger partial charge in [0.25, 0.3) is 0 Å².